The van der Waals surface area contributed by atoms with E-state index in [0.717, 1.165) is 31.0 Å². The zero-order valence-electron chi connectivity index (χ0n) is 16.8. The maximum absolute atomic E-state index is 14.4. The lowest BCUT2D eigenvalue weighted by atomic mass is 9.97. The lowest BCUT2D eigenvalue weighted by molar-refractivity contribution is 0.407. The molecule has 0 bridgehead atoms. The molecule has 0 saturated carbocycles. The number of phenolic OH excluding ortho intramolecular Hbond substituents is 1. The van der Waals surface area contributed by atoms with E-state index in [4.69, 9.17) is 11.0 Å². The Labute approximate surface area is 181 Å². The number of aromatic hydroxyl groups is 1. The first-order valence-electron chi connectivity index (χ1n) is 9.94. The van der Waals surface area contributed by atoms with Gasteiger partial charge in [0.2, 0.25) is 0 Å². The Hall–Kier alpha value is -3.77. The van der Waals surface area contributed by atoms with Crippen molar-refractivity contribution in [3.05, 3.63) is 69.6 Å². The summed E-state index contributed by atoms with van der Waals surface area (Å²) in [5.41, 5.74) is 5.48. The van der Waals surface area contributed by atoms with E-state index in [9.17, 15) is 23.1 Å². The molecular weight excluding hydrogens is 421 g/mol. The molecule has 1 fully saturated rings. The normalized spacial score (nSPS) is 14.4. The number of nitriles is 1. The molecule has 0 spiro atoms. The van der Waals surface area contributed by atoms with Crippen molar-refractivity contribution in [2.45, 2.75) is 18.9 Å². The first-order valence-corrected chi connectivity index (χ1v) is 9.94. The number of phenols is 1. The molecule has 1 saturated heterocycles. The number of H-pyrrole nitrogens is 1. The van der Waals surface area contributed by atoms with E-state index in [1.807, 2.05) is 4.90 Å². The minimum absolute atomic E-state index is 0.0644. The van der Waals surface area contributed by atoms with Gasteiger partial charge in [-0.2, -0.15) is 9.65 Å². The molecule has 0 unspecified atom stereocenters. The second-order valence-electron chi connectivity index (χ2n) is 7.69. The van der Waals surface area contributed by atoms with Crippen LogP contribution in [0.5, 0.6) is 5.75 Å². The smallest absolute Gasteiger partial charge is 0.200 e. The van der Waals surface area contributed by atoms with Gasteiger partial charge in [0.1, 0.15) is 17.7 Å². The number of rotatable bonds is 3. The third kappa shape index (κ3) is 3.92. The van der Waals surface area contributed by atoms with Gasteiger partial charge in [-0.1, -0.05) is 6.07 Å². The molecule has 32 heavy (non-hydrogen) atoms. The highest BCUT2D eigenvalue weighted by Gasteiger charge is 2.22. The minimum atomic E-state index is -1.43. The highest BCUT2D eigenvalue weighted by Crippen LogP contribution is 2.34. The van der Waals surface area contributed by atoms with E-state index in [0.29, 0.717) is 18.9 Å². The Morgan fingerprint density at radius 2 is 1.75 bits per heavy atom. The number of benzene rings is 2. The van der Waals surface area contributed by atoms with E-state index in [-0.39, 0.29) is 34.0 Å². The number of nitrogens with two attached hydrogens (primary N) is 1. The van der Waals surface area contributed by atoms with Crippen molar-refractivity contribution in [3.63, 3.8) is 0 Å². The number of hydrogen-bond donors (Lipinski definition) is 3. The maximum atomic E-state index is 14.4. The highest BCUT2D eigenvalue weighted by atomic mass is 19.2. The highest BCUT2D eigenvalue weighted by molar-refractivity contribution is 5.82. The van der Waals surface area contributed by atoms with Crippen LogP contribution in [0.3, 0.4) is 0 Å². The number of pyridine rings is 1. The molecule has 0 amide bonds. The summed E-state index contributed by atoms with van der Waals surface area (Å²) in [5.74, 6) is -4.04. The predicted molar refractivity (Wildman–Crippen MR) is 114 cm³/mol. The number of aromatic amines is 1. The van der Waals surface area contributed by atoms with Crippen LogP contribution in [0, 0.1) is 28.8 Å². The molecule has 0 radical (unpaired) electrons. The van der Waals surface area contributed by atoms with Crippen molar-refractivity contribution in [1.82, 2.24) is 4.98 Å². The summed E-state index contributed by atoms with van der Waals surface area (Å²) in [4.78, 5) is 18.2. The third-order valence-electron chi connectivity index (χ3n) is 5.57. The number of hydrogen-bond acceptors (Lipinski definition) is 5. The van der Waals surface area contributed by atoms with Gasteiger partial charge >= 0.3 is 0 Å². The molecule has 6 nitrogen and oxygen atoms in total. The van der Waals surface area contributed by atoms with Crippen molar-refractivity contribution >= 4 is 5.82 Å². The summed E-state index contributed by atoms with van der Waals surface area (Å²) >= 11 is 0. The van der Waals surface area contributed by atoms with E-state index in [2.05, 4.69) is 4.98 Å². The zero-order valence-corrected chi connectivity index (χ0v) is 16.8. The molecule has 1 aliphatic rings. The zero-order chi connectivity index (χ0) is 23.0. The minimum Gasteiger partial charge on any atom is -0.505 e. The van der Waals surface area contributed by atoms with Crippen LogP contribution < -0.4 is 16.1 Å². The average Bonchev–Trinajstić information content (AvgIpc) is 2.77. The summed E-state index contributed by atoms with van der Waals surface area (Å²) in [7, 11) is 0. The lowest BCUT2D eigenvalue weighted by Crippen LogP contribution is -2.40. The summed E-state index contributed by atoms with van der Waals surface area (Å²) in [5, 5.41) is 18.8. The molecule has 1 aliphatic heterocycles. The number of anilines is 1. The van der Waals surface area contributed by atoms with Gasteiger partial charge in [-0.05, 0) is 42.7 Å². The van der Waals surface area contributed by atoms with Gasteiger partial charge in [-0.15, -0.1) is 0 Å². The third-order valence-corrected chi connectivity index (χ3v) is 5.57. The topological polar surface area (TPSA) is 106 Å². The number of piperidine rings is 1. The van der Waals surface area contributed by atoms with Crippen molar-refractivity contribution in [2.75, 3.05) is 18.0 Å². The molecule has 2 aromatic carbocycles. The first kappa shape index (κ1) is 21.5. The summed E-state index contributed by atoms with van der Waals surface area (Å²) in [6.45, 7) is 1.20. The average molecular weight is 440 g/mol. The van der Waals surface area contributed by atoms with Crippen LogP contribution >= 0.6 is 0 Å². The van der Waals surface area contributed by atoms with Gasteiger partial charge in [0.05, 0.1) is 16.8 Å². The molecule has 4 rings (SSSR count). The van der Waals surface area contributed by atoms with E-state index in [1.165, 1.54) is 18.2 Å². The fraction of sp³-hybridized carbons (Fsp3) is 0.217. The summed E-state index contributed by atoms with van der Waals surface area (Å²) in [6.07, 6.45) is 1.45. The van der Waals surface area contributed by atoms with Crippen molar-refractivity contribution in [2.24, 2.45) is 5.73 Å². The van der Waals surface area contributed by atoms with E-state index in [1.54, 1.807) is 6.07 Å². The Bertz CT molecular complexity index is 1270. The second-order valence-corrected chi connectivity index (χ2v) is 7.69. The van der Waals surface area contributed by atoms with Gasteiger partial charge in [-0.3, -0.25) is 4.79 Å². The fourth-order valence-electron chi connectivity index (χ4n) is 3.84. The van der Waals surface area contributed by atoms with Crippen LogP contribution in [0.4, 0.5) is 19.0 Å². The molecule has 9 heteroatoms. The van der Waals surface area contributed by atoms with Gasteiger partial charge in [0.15, 0.2) is 22.8 Å². The molecule has 164 valence electrons. The van der Waals surface area contributed by atoms with Crippen LogP contribution in [-0.4, -0.2) is 29.2 Å². The molecule has 2 heterocycles. The first-order chi connectivity index (χ1) is 15.3. The molecular formula is C23H19F3N4O2. The summed E-state index contributed by atoms with van der Waals surface area (Å²) < 4.78 is 42.0. The van der Waals surface area contributed by atoms with Gasteiger partial charge in [-0.25, -0.2) is 8.78 Å². The van der Waals surface area contributed by atoms with Gasteiger partial charge < -0.3 is 20.7 Å². The molecule has 3 aromatic rings. The fourth-order valence-corrected chi connectivity index (χ4v) is 3.84. The number of nitrogens with one attached hydrogen (secondary N) is 1. The van der Waals surface area contributed by atoms with Crippen molar-refractivity contribution in [1.29, 1.82) is 5.26 Å². The Morgan fingerprint density at radius 3 is 2.38 bits per heavy atom. The number of halogens is 3. The van der Waals surface area contributed by atoms with Crippen molar-refractivity contribution in [3.8, 4) is 34.2 Å². The predicted octanol–water partition coefficient (Wildman–Crippen LogP) is 3.63. The Balaban J connectivity index is 1.94. The Morgan fingerprint density at radius 1 is 1.06 bits per heavy atom. The SMILES string of the molecule is N#Cc1ccc(-c2[nH]c(N3CCC(N)CC3)cc(=O)c2-c2cc(O)c(F)c(F)c2)cc1F. The standard InChI is InChI=1S/C23H19F3N4O2/c24-16-7-12(1-2-13(16)11-27)23-21(14-8-17(25)22(26)19(32)9-14)18(31)10-20(29-23)30-5-3-15(28)4-6-30/h1-2,7-10,15,32H,3-6,28H2,(H,29,31). The largest absolute Gasteiger partial charge is 0.505 e. The van der Waals surface area contributed by atoms with E-state index >= 15 is 0 Å². The molecule has 0 aliphatic carbocycles. The quantitative estimate of drug-likeness (QED) is 0.577. The van der Waals surface area contributed by atoms with E-state index < -0.39 is 28.6 Å². The van der Waals surface area contributed by atoms with Crippen LogP contribution in [0.2, 0.25) is 0 Å². The summed E-state index contributed by atoms with van der Waals surface area (Å²) in [6, 6.07) is 8.65. The molecule has 0 atom stereocenters. The monoisotopic (exact) mass is 440 g/mol. The number of aromatic nitrogens is 1. The van der Waals surface area contributed by atoms with Crippen LogP contribution in [0.15, 0.2) is 41.2 Å². The maximum Gasteiger partial charge on any atom is 0.200 e. The van der Waals surface area contributed by atoms with Crippen LogP contribution in [0.1, 0.15) is 18.4 Å². The molecule has 1 aromatic heterocycles. The van der Waals surface area contributed by atoms with Crippen LogP contribution in [-0.2, 0) is 0 Å². The molecule has 4 N–H and O–H groups in total. The van der Waals surface area contributed by atoms with Crippen LogP contribution in [0.25, 0.3) is 22.4 Å². The second kappa shape index (κ2) is 8.40. The number of nitrogens with zero attached hydrogens (tertiary/aromatic N) is 2. The lowest BCUT2D eigenvalue weighted by Gasteiger charge is -2.32. The van der Waals surface area contributed by atoms with Gasteiger partial charge in [0.25, 0.3) is 0 Å². The Kier molecular flexibility index (Phi) is 5.63. The van der Waals surface area contributed by atoms with Gasteiger partial charge in [0, 0.05) is 30.8 Å². The van der Waals surface area contributed by atoms with Crippen molar-refractivity contribution < 1.29 is 18.3 Å².